The number of hydrogen-bond donors (Lipinski definition) is 2. The zero-order chi connectivity index (χ0) is 15.6. The van der Waals surface area contributed by atoms with Crippen LogP contribution in [0.5, 0.6) is 0 Å². The molecule has 0 bridgehead atoms. The highest BCUT2D eigenvalue weighted by molar-refractivity contribution is 6.35. The van der Waals surface area contributed by atoms with Crippen LogP contribution in [-0.4, -0.2) is 62.3 Å². The molecule has 2 rings (SSSR count). The minimum atomic E-state index is -0.797. The number of nitrogens with zero attached hydrogens (tertiary/aromatic N) is 2. The van der Waals surface area contributed by atoms with Crippen LogP contribution >= 0.6 is 0 Å². The maximum Gasteiger partial charge on any atom is 0.329 e. The number of nitrogens with one attached hydrogen (secondary N) is 2. The first-order valence-corrected chi connectivity index (χ1v) is 7.20. The summed E-state index contributed by atoms with van der Waals surface area (Å²) in [5, 5.41) is 6.19. The van der Waals surface area contributed by atoms with Crippen LogP contribution in [0.2, 0.25) is 0 Å². The van der Waals surface area contributed by atoms with Crippen LogP contribution in [0, 0.1) is 0 Å². The fourth-order valence-electron chi connectivity index (χ4n) is 1.98. The van der Waals surface area contributed by atoms with E-state index in [9.17, 15) is 9.59 Å². The van der Waals surface area contributed by atoms with E-state index < -0.39 is 11.8 Å². The molecule has 0 aliphatic carbocycles. The second kappa shape index (κ2) is 8.96. The minimum absolute atomic E-state index is 0.450. The van der Waals surface area contributed by atoms with E-state index in [-0.39, 0.29) is 0 Å². The molecule has 1 aliphatic heterocycles. The normalized spacial score (nSPS) is 15.8. The van der Waals surface area contributed by atoms with Crippen molar-refractivity contribution >= 4 is 18.0 Å². The monoisotopic (exact) mass is 308 g/mol. The van der Waals surface area contributed by atoms with Crippen LogP contribution in [-0.2, 0) is 14.3 Å². The Kier molecular flexibility index (Phi) is 6.59. The van der Waals surface area contributed by atoms with Crippen molar-refractivity contribution in [3.05, 3.63) is 24.2 Å². The molecule has 1 aromatic rings. The second-order valence-corrected chi connectivity index (χ2v) is 4.78. The molecule has 2 amide bonds. The first-order chi connectivity index (χ1) is 10.8. The Hall–Kier alpha value is -2.19. The Bertz CT molecular complexity index is 495. The lowest BCUT2D eigenvalue weighted by Crippen LogP contribution is -2.40. The van der Waals surface area contributed by atoms with Gasteiger partial charge in [0.15, 0.2) is 0 Å². The van der Waals surface area contributed by atoms with Crippen molar-refractivity contribution in [3.8, 4) is 0 Å². The standard InChI is InChI=1S/C14H20N4O4/c19-13(14(20)17-16-11-12-3-1-8-22-12)15-4-2-5-18-6-9-21-10-7-18/h1,3,8,11H,2,4-7,9-10H2,(H,15,19)(H,17,20). The molecule has 0 spiro atoms. The highest BCUT2D eigenvalue weighted by Crippen LogP contribution is 1.97. The van der Waals surface area contributed by atoms with Gasteiger partial charge < -0.3 is 14.5 Å². The largest absolute Gasteiger partial charge is 0.463 e. The van der Waals surface area contributed by atoms with E-state index in [1.165, 1.54) is 12.5 Å². The van der Waals surface area contributed by atoms with Crippen LogP contribution in [0.25, 0.3) is 0 Å². The van der Waals surface area contributed by atoms with Crippen molar-refractivity contribution in [1.29, 1.82) is 0 Å². The van der Waals surface area contributed by atoms with E-state index in [4.69, 9.17) is 9.15 Å². The van der Waals surface area contributed by atoms with E-state index in [0.29, 0.717) is 12.3 Å². The van der Waals surface area contributed by atoms with E-state index in [0.717, 1.165) is 39.3 Å². The number of rotatable bonds is 6. The summed E-state index contributed by atoms with van der Waals surface area (Å²) >= 11 is 0. The highest BCUT2D eigenvalue weighted by atomic mass is 16.5. The molecular weight excluding hydrogens is 288 g/mol. The molecule has 1 aromatic heterocycles. The number of morpholine rings is 1. The van der Waals surface area contributed by atoms with Gasteiger partial charge in [-0.15, -0.1) is 0 Å². The van der Waals surface area contributed by atoms with Crippen molar-refractivity contribution in [2.45, 2.75) is 6.42 Å². The number of furan rings is 1. The van der Waals surface area contributed by atoms with Gasteiger partial charge in [-0.3, -0.25) is 14.5 Å². The third kappa shape index (κ3) is 5.66. The quantitative estimate of drug-likeness (QED) is 0.322. The summed E-state index contributed by atoms with van der Waals surface area (Å²) in [5.74, 6) is -1.00. The SMILES string of the molecule is O=C(NCCCN1CCOCC1)C(=O)NN=Cc1ccco1. The summed E-state index contributed by atoms with van der Waals surface area (Å²) in [6.07, 6.45) is 3.60. The lowest BCUT2D eigenvalue weighted by atomic mass is 10.3. The fraction of sp³-hybridized carbons (Fsp3) is 0.500. The smallest absolute Gasteiger partial charge is 0.329 e. The van der Waals surface area contributed by atoms with Crippen molar-refractivity contribution in [2.24, 2.45) is 5.10 Å². The number of amides is 2. The van der Waals surface area contributed by atoms with Gasteiger partial charge in [-0.1, -0.05) is 0 Å². The van der Waals surface area contributed by atoms with Crippen molar-refractivity contribution in [3.63, 3.8) is 0 Å². The summed E-state index contributed by atoms with van der Waals surface area (Å²) in [5.41, 5.74) is 2.14. The molecule has 0 aromatic carbocycles. The van der Waals surface area contributed by atoms with E-state index >= 15 is 0 Å². The van der Waals surface area contributed by atoms with Gasteiger partial charge in [-0.25, -0.2) is 5.43 Å². The van der Waals surface area contributed by atoms with Crippen LogP contribution in [0.3, 0.4) is 0 Å². The van der Waals surface area contributed by atoms with Crippen LogP contribution < -0.4 is 10.7 Å². The van der Waals surface area contributed by atoms with E-state index in [1.54, 1.807) is 12.1 Å². The number of hydrazone groups is 1. The zero-order valence-corrected chi connectivity index (χ0v) is 12.3. The molecule has 0 saturated carbocycles. The maximum absolute atomic E-state index is 11.5. The molecule has 8 heteroatoms. The minimum Gasteiger partial charge on any atom is -0.463 e. The summed E-state index contributed by atoms with van der Waals surface area (Å²) in [7, 11) is 0. The van der Waals surface area contributed by atoms with Gasteiger partial charge in [0.2, 0.25) is 0 Å². The van der Waals surface area contributed by atoms with Gasteiger partial charge in [0, 0.05) is 19.6 Å². The second-order valence-electron chi connectivity index (χ2n) is 4.78. The molecule has 2 heterocycles. The van der Waals surface area contributed by atoms with Crippen LogP contribution in [0.4, 0.5) is 0 Å². The Morgan fingerprint density at radius 3 is 2.86 bits per heavy atom. The predicted octanol–water partition coefficient (Wildman–Crippen LogP) is -0.432. The number of carbonyl (C=O) groups excluding carboxylic acids is 2. The third-order valence-electron chi connectivity index (χ3n) is 3.15. The van der Waals surface area contributed by atoms with Gasteiger partial charge in [-0.2, -0.15) is 5.10 Å². The first kappa shape index (κ1) is 16.2. The topological polar surface area (TPSA) is 96.2 Å². The zero-order valence-electron chi connectivity index (χ0n) is 12.3. The molecule has 0 radical (unpaired) electrons. The van der Waals surface area contributed by atoms with Crippen LogP contribution in [0.1, 0.15) is 12.2 Å². The van der Waals surface area contributed by atoms with Gasteiger partial charge in [0.25, 0.3) is 0 Å². The van der Waals surface area contributed by atoms with Gasteiger partial charge in [0.1, 0.15) is 5.76 Å². The number of carbonyl (C=O) groups is 2. The predicted molar refractivity (Wildman–Crippen MR) is 79.3 cm³/mol. The average Bonchev–Trinajstić information content (AvgIpc) is 3.05. The van der Waals surface area contributed by atoms with Crippen molar-refractivity contribution < 1.29 is 18.7 Å². The van der Waals surface area contributed by atoms with Crippen molar-refractivity contribution in [2.75, 3.05) is 39.4 Å². The summed E-state index contributed by atoms with van der Waals surface area (Å²) in [4.78, 5) is 25.3. The van der Waals surface area contributed by atoms with Crippen molar-refractivity contribution in [1.82, 2.24) is 15.6 Å². The van der Waals surface area contributed by atoms with Gasteiger partial charge in [-0.05, 0) is 25.1 Å². The van der Waals surface area contributed by atoms with Gasteiger partial charge >= 0.3 is 11.8 Å². The Labute approximate surface area is 128 Å². The number of ether oxygens (including phenoxy) is 1. The first-order valence-electron chi connectivity index (χ1n) is 7.20. The Balaban J connectivity index is 1.57. The Morgan fingerprint density at radius 1 is 1.32 bits per heavy atom. The Morgan fingerprint density at radius 2 is 2.14 bits per heavy atom. The van der Waals surface area contributed by atoms with Gasteiger partial charge in [0.05, 0.1) is 25.7 Å². The van der Waals surface area contributed by atoms with Crippen LogP contribution in [0.15, 0.2) is 27.9 Å². The summed E-state index contributed by atoms with van der Waals surface area (Å²) in [6.45, 7) is 4.66. The summed E-state index contributed by atoms with van der Waals surface area (Å²) < 4.78 is 10.3. The molecule has 1 saturated heterocycles. The lowest BCUT2D eigenvalue weighted by Gasteiger charge is -2.26. The molecule has 120 valence electrons. The van der Waals surface area contributed by atoms with E-state index in [1.807, 2.05) is 0 Å². The third-order valence-corrected chi connectivity index (χ3v) is 3.15. The molecule has 1 fully saturated rings. The summed E-state index contributed by atoms with van der Waals surface area (Å²) in [6, 6.07) is 3.38. The van der Waals surface area contributed by atoms with E-state index in [2.05, 4.69) is 20.7 Å². The molecule has 22 heavy (non-hydrogen) atoms. The molecular formula is C14H20N4O4. The molecule has 2 N–H and O–H groups in total. The maximum atomic E-state index is 11.5. The molecule has 0 unspecified atom stereocenters. The molecule has 0 atom stereocenters. The fourth-order valence-corrected chi connectivity index (χ4v) is 1.98. The molecule has 8 nitrogen and oxygen atoms in total. The average molecular weight is 308 g/mol. The lowest BCUT2D eigenvalue weighted by molar-refractivity contribution is -0.139. The highest BCUT2D eigenvalue weighted by Gasteiger charge is 2.13. The molecule has 1 aliphatic rings. The number of hydrogen-bond acceptors (Lipinski definition) is 6.